The molecule has 0 bridgehead atoms. The molecule has 1 aliphatic heterocycles. The van der Waals surface area contributed by atoms with E-state index in [1.54, 1.807) is 5.57 Å². The van der Waals surface area contributed by atoms with Gasteiger partial charge >= 0.3 is 0 Å². The maximum absolute atomic E-state index is 9.58. The van der Waals surface area contributed by atoms with Crippen LogP contribution in [0.4, 0.5) is 0 Å². The van der Waals surface area contributed by atoms with E-state index in [1.807, 2.05) is 6.92 Å². The first kappa shape index (κ1) is 24.7. The molecule has 2 saturated carbocycles. The second kappa shape index (κ2) is 10.6. The highest BCUT2D eigenvalue weighted by Crippen LogP contribution is 2.51. The fourth-order valence-corrected chi connectivity index (χ4v) is 5.42. The van der Waals surface area contributed by atoms with Gasteiger partial charge in [0.25, 0.3) is 0 Å². The molecule has 164 valence electrons. The zero-order chi connectivity index (χ0) is 18.9. The normalized spacial score (nSPS) is 27.5. The van der Waals surface area contributed by atoms with Crippen LogP contribution in [0.5, 0.6) is 0 Å². The van der Waals surface area contributed by atoms with E-state index in [-0.39, 0.29) is 30.9 Å². The van der Waals surface area contributed by atoms with E-state index >= 15 is 0 Å². The lowest BCUT2D eigenvalue weighted by Gasteiger charge is -2.53. The largest absolute Gasteiger partial charge is 0.392 e. The fraction of sp³-hybridized carbons (Fsp3) is 0.667. The summed E-state index contributed by atoms with van der Waals surface area (Å²) >= 11 is 0. The Morgan fingerprint density at radius 1 is 1.21 bits per heavy atom. The van der Waals surface area contributed by atoms with E-state index in [1.165, 1.54) is 50.8 Å². The molecule has 2 aliphatic carbocycles. The molecule has 5 heteroatoms. The minimum absolute atomic E-state index is 0. The number of halogens is 2. The van der Waals surface area contributed by atoms with Gasteiger partial charge in [-0.1, -0.05) is 48.9 Å². The Kier molecular flexibility index (Phi) is 9.05. The van der Waals surface area contributed by atoms with Crippen LogP contribution in [0.2, 0.25) is 0 Å². The molecule has 3 nitrogen and oxygen atoms in total. The summed E-state index contributed by atoms with van der Waals surface area (Å²) in [5.41, 5.74) is 3.55. The summed E-state index contributed by atoms with van der Waals surface area (Å²) in [5.74, 6) is 0.750. The van der Waals surface area contributed by atoms with E-state index in [0.29, 0.717) is 11.5 Å². The van der Waals surface area contributed by atoms with Crippen LogP contribution in [0.25, 0.3) is 6.08 Å². The van der Waals surface area contributed by atoms with E-state index in [4.69, 9.17) is 0 Å². The third-order valence-electron chi connectivity index (χ3n) is 7.07. The summed E-state index contributed by atoms with van der Waals surface area (Å²) in [7, 11) is 0. The number of β-amino-alcohol motifs (C(OH)–C–C–N with tert-alkyl or cyclic N) is 1. The van der Waals surface area contributed by atoms with Crippen molar-refractivity contribution < 1.29 is 5.11 Å². The fourth-order valence-electron chi connectivity index (χ4n) is 5.42. The third kappa shape index (κ3) is 6.21. The number of aliphatic hydroxyl groups excluding tert-OH is 1. The van der Waals surface area contributed by atoms with Gasteiger partial charge in [-0.05, 0) is 75.4 Å². The molecular formula is C24H38Cl2N2O. The smallest absolute Gasteiger partial charge is 0.0639 e. The van der Waals surface area contributed by atoms with E-state index in [2.05, 4.69) is 53.5 Å². The van der Waals surface area contributed by atoms with Crippen molar-refractivity contribution in [2.75, 3.05) is 19.6 Å². The quantitative estimate of drug-likeness (QED) is 0.630. The van der Waals surface area contributed by atoms with Gasteiger partial charge in [0, 0.05) is 18.6 Å². The molecule has 1 aromatic rings. The molecule has 1 heterocycles. The summed E-state index contributed by atoms with van der Waals surface area (Å²) in [4.78, 5) is 2.44. The Hall–Kier alpha value is -0.580. The van der Waals surface area contributed by atoms with Gasteiger partial charge in [-0.25, -0.2) is 0 Å². The molecule has 1 saturated heterocycles. The van der Waals surface area contributed by atoms with Crippen molar-refractivity contribution in [1.29, 1.82) is 0 Å². The molecule has 0 amide bonds. The molecule has 2 N–H and O–H groups in total. The van der Waals surface area contributed by atoms with Crippen LogP contribution in [0.3, 0.4) is 0 Å². The zero-order valence-electron chi connectivity index (χ0n) is 17.8. The minimum atomic E-state index is -0.196. The lowest BCUT2D eigenvalue weighted by Crippen LogP contribution is -2.54. The van der Waals surface area contributed by atoms with Crippen LogP contribution in [-0.2, 0) is 0 Å². The van der Waals surface area contributed by atoms with Gasteiger partial charge in [0.15, 0.2) is 0 Å². The predicted molar refractivity (Wildman–Crippen MR) is 127 cm³/mol. The number of hydrogen-bond donors (Lipinski definition) is 2. The molecule has 0 radical (unpaired) electrons. The topological polar surface area (TPSA) is 35.5 Å². The standard InChI is InChI=1S/C24H36N2O.2ClH/c1-3-20(13-19-7-5-4-6-8-19)22-14-23(22)25-21-15-24(16-21)9-11-26(12-10-24)17-18(2)27;;/h4-8,13,18,21-23,25,27H,3,9-12,14-17H2,1-2H3;2*1H/b20-13+;;/t18-,22-,23+;;/m1../s1. The molecule has 1 aromatic carbocycles. The second-order valence-corrected chi connectivity index (χ2v) is 9.35. The van der Waals surface area contributed by atoms with Crippen molar-refractivity contribution >= 4 is 30.9 Å². The molecule has 29 heavy (non-hydrogen) atoms. The SMILES string of the molecule is CC/C(=C\c1ccccc1)[C@H]1C[C@@H]1NC1CC2(CCN(C[C@@H](C)O)CC2)C1.Cl.Cl. The first-order valence-electron chi connectivity index (χ1n) is 11.0. The van der Waals surface area contributed by atoms with E-state index in [9.17, 15) is 5.11 Å². The molecule has 4 rings (SSSR count). The number of nitrogens with one attached hydrogen (secondary N) is 1. The van der Waals surface area contributed by atoms with Crippen molar-refractivity contribution in [2.45, 2.75) is 70.6 Å². The van der Waals surface area contributed by atoms with Gasteiger partial charge in [-0.15, -0.1) is 24.8 Å². The molecule has 1 spiro atoms. The maximum atomic E-state index is 9.58. The highest BCUT2D eigenvalue weighted by Gasteiger charge is 2.49. The number of aliphatic hydroxyl groups is 1. The second-order valence-electron chi connectivity index (χ2n) is 9.35. The van der Waals surface area contributed by atoms with Crippen molar-refractivity contribution in [3.63, 3.8) is 0 Å². The minimum Gasteiger partial charge on any atom is -0.392 e. The molecule has 3 aliphatic rings. The van der Waals surface area contributed by atoms with Gasteiger partial charge in [0.05, 0.1) is 6.10 Å². The van der Waals surface area contributed by atoms with Crippen LogP contribution in [0, 0.1) is 11.3 Å². The molecule has 3 fully saturated rings. The molecule has 0 unspecified atom stereocenters. The molecular weight excluding hydrogens is 403 g/mol. The first-order valence-corrected chi connectivity index (χ1v) is 11.0. The number of nitrogens with zero attached hydrogens (tertiary/aromatic N) is 1. The average molecular weight is 441 g/mol. The van der Waals surface area contributed by atoms with Crippen LogP contribution >= 0.6 is 24.8 Å². The summed E-state index contributed by atoms with van der Waals surface area (Å²) in [6.45, 7) is 7.38. The van der Waals surface area contributed by atoms with Gasteiger partial charge in [-0.2, -0.15) is 0 Å². The van der Waals surface area contributed by atoms with Crippen LogP contribution < -0.4 is 5.32 Å². The van der Waals surface area contributed by atoms with Crippen LogP contribution in [0.15, 0.2) is 35.9 Å². The van der Waals surface area contributed by atoms with Crippen molar-refractivity contribution in [3.8, 4) is 0 Å². The van der Waals surface area contributed by atoms with Gasteiger partial charge in [0.1, 0.15) is 0 Å². The summed E-state index contributed by atoms with van der Waals surface area (Å²) in [5, 5.41) is 13.5. The summed E-state index contributed by atoms with van der Waals surface area (Å²) in [6.07, 6.45) is 10.1. The number of piperidine rings is 1. The number of rotatable bonds is 7. The van der Waals surface area contributed by atoms with Gasteiger partial charge in [0.2, 0.25) is 0 Å². The number of likely N-dealkylation sites (tertiary alicyclic amines) is 1. The van der Waals surface area contributed by atoms with Gasteiger partial charge in [-0.3, -0.25) is 0 Å². The van der Waals surface area contributed by atoms with Gasteiger partial charge < -0.3 is 15.3 Å². The summed E-state index contributed by atoms with van der Waals surface area (Å²) in [6, 6.07) is 12.2. The first-order chi connectivity index (χ1) is 13.1. The Balaban J connectivity index is 0.00000150. The van der Waals surface area contributed by atoms with E-state index in [0.717, 1.165) is 24.9 Å². The Bertz CT molecular complexity index is 648. The molecule has 0 aromatic heterocycles. The average Bonchev–Trinajstić information content (AvgIpc) is 3.39. The monoisotopic (exact) mass is 440 g/mol. The lowest BCUT2D eigenvalue weighted by atomic mass is 9.60. The maximum Gasteiger partial charge on any atom is 0.0639 e. The van der Waals surface area contributed by atoms with Crippen molar-refractivity contribution in [2.24, 2.45) is 11.3 Å². The Morgan fingerprint density at radius 2 is 1.86 bits per heavy atom. The number of hydrogen-bond acceptors (Lipinski definition) is 3. The van der Waals surface area contributed by atoms with Crippen LogP contribution in [0.1, 0.15) is 57.9 Å². The highest BCUT2D eigenvalue weighted by molar-refractivity contribution is 5.85. The summed E-state index contributed by atoms with van der Waals surface area (Å²) < 4.78 is 0. The Morgan fingerprint density at radius 3 is 2.45 bits per heavy atom. The Labute approximate surface area is 189 Å². The zero-order valence-corrected chi connectivity index (χ0v) is 19.5. The third-order valence-corrected chi connectivity index (χ3v) is 7.07. The lowest BCUT2D eigenvalue weighted by molar-refractivity contribution is -0.00555. The van der Waals surface area contributed by atoms with E-state index < -0.39 is 0 Å². The van der Waals surface area contributed by atoms with Crippen LogP contribution in [-0.4, -0.2) is 47.8 Å². The highest BCUT2D eigenvalue weighted by atomic mass is 35.5. The molecule has 3 atom stereocenters. The number of benzene rings is 1. The van der Waals surface area contributed by atoms with Crippen molar-refractivity contribution in [1.82, 2.24) is 10.2 Å². The van der Waals surface area contributed by atoms with Crippen molar-refractivity contribution in [3.05, 3.63) is 41.5 Å². The predicted octanol–water partition coefficient (Wildman–Crippen LogP) is 4.93.